The van der Waals surface area contributed by atoms with Crippen molar-refractivity contribution in [1.82, 2.24) is 10.3 Å². The van der Waals surface area contributed by atoms with Crippen molar-refractivity contribution in [3.05, 3.63) is 23.4 Å². The van der Waals surface area contributed by atoms with Gasteiger partial charge in [0.25, 0.3) is 5.91 Å². The van der Waals surface area contributed by atoms with Gasteiger partial charge in [-0.1, -0.05) is 13.3 Å². The lowest BCUT2D eigenvalue weighted by molar-refractivity contribution is 0.0938. The Morgan fingerprint density at radius 2 is 2.19 bits per heavy atom. The zero-order chi connectivity index (χ0) is 15.2. The Morgan fingerprint density at radius 3 is 2.90 bits per heavy atom. The number of carbonyl (C=O) groups excluding carboxylic acids is 1. The van der Waals surface area contributed by atoms with Crippen LogP contribution in [0.3, 0.4) is 0 Å². The van der Waals surface area contributed by atoms with Crippen molar-refractivity contribution in [2.45, 2.75) is 51.3 Å². The monoisotopic (exact) mass is 307 g/mol. The first kappa shape index (κ1) is 16.1. The van der Waals surface area contributed by atoms with Gasteiger partial charge in [0.05, 0.1) is 0 Å². The molecule has 5 heteroatoms. The molecule has 1 heterocycles. The van der Waals surface area contributed by atoms with Gasteiger partial charge in [0, 0.05) is 29.1 Å². The van der Waals surface area contributed by atoms with Crippen molar-refractivity contribution in [2.75, 3.05) is 17.6 Å². The second-order valence-corrected chi connectivity index (χ2v) is 6.93. The van der Waals surface area contributed by atoms with Gasteiger partial charge in [0.15, 0.2) is 0 Å². The summed E-state index contributed by atoms with van der Waals surface area (Å²) in [5.74, 6) is 1.90. The molecule has 21 heavy (non-hydrogen) atoms. The summed E-state index contributed by atoms with van der Waals surface area (Å²) in [4.78, 5) is 16.9. The molecule has 0 aromatic carbocycles. The summed E-state index contributed by atoms with van der Waals surface area (Å²) < 4.78 is 0. The number of nitrogens with zero attached hydrogens (tertiary/aromatic N) is 1. The molecule has 0 bridgehead atoms. The van der Waals surface area contributed by atoms with Crippen molar-refractivity contribution in [1.29, 1.82) is 0 Å². The highest BCUT2D eigenvalue weighted by molar-refractivity contribution is 7.99. The van der Waals surface area contributed by atoms with E-state index in [0.29, 0.717) is 16.9 Å². The van der Waals surface area contributed by atoms with E-state index in [0.717, 1.165) is 30.2 Å². The highest BCUT2D eigenvalue weighted by atomic mass is 32.2. The number of aromatic nitrogens is 1. The van der Waals surface area contributed by atoms with Gasteiger partial charge in [-0.3, -0.25) is 4.79 Å². The van der Waals surface area contributed by atoms with Gasteiger partial charge in [-0.25, -0.2) is 4.98 Å². The lowest BCUT2D eigenvalue weighted by Crippen LogP contribution is -2.38. The molecule has 0 saturated heterocycles. The molecule has 2 rings (SSSR count). The van der Waals surface area contributed by atoms with Crippen molar-refractivity contribution < 1.29 is 4.79 Å². The van der Waals surface area contributed by atoms with Crippen LogP contribution in [0.2, 0.25) is 0 Å². The van der Waals surface area contributed by atoms with E-state index in [1.54, 1.807) is 0 Å². The molecule has 2 N–H and O–H groups in total. The van der Waals surface area contributed by atoms with E-state index in [-0.39, 0.29) is 5.91 Å². The smallest absolute Gasteiger partial charge is 0.251 e. The van der Waals surface area contributed by atoms with E-state index in [1.807, 2.05) is 37.7 Å². The first-order valence-corrected chi connectivity index (χ1v) is 8.84. The minimum absolute atomic E-state index is 0.0215. The molecule has 1 aliphatic rings. The number of hydrogen-bond donors (Lipinski definition) is 2. The van der Waals surface area contributed by atoms with Gasteiger partial charge in [0.2, 0.25) is 0 Å². The Labute approximate surface area is 131 Å². The molecule has 1 saturated carbocycles. The average molecular weight is 307 g/mol. The molecule has 0 spiro atoms. The topological polar surface area (TPSA) is 54.0 Å². The van der Waals surface area contributed by atoms with Gasteiger partial charge in [-0.05, 0) is 44.6 Å². The van der Waals surface area contributed by atoms with Gasteiger partial charge in [0.1, 0.15) is 5.82 Å². The largest absolute Gasteiger partial charge is 0.370 e. The van der Waals surface area contributed by atoms with E-state index in [2.05, 4.69) is 22.5 Å². The minimum Gasteiger partial charge on any atom is -0.370 e. The summed E-state index contributed by atoms with van der Waals surface area (Å²) in [6.45, 7) is 6.92. The molecule has 0 radical (unpaired) electrons. The maximum absolute atomic E-state index is 12.5. The van der Waals surface area contributed by atoms with Gasteiger partial charge < -0.3 is 10.6 Å². The fourth-order valence-electron chi connectivity index (χ4n) is 2.83. The molecule has 1 aromatic rings. The molecule has 0 aliphatic heterocycles. The third kappa shape index (κ3) is 4.37. The Kier molecular flexibility index (Phi) is 5.91. The van der Waals surface area contributed by atoms with Crippen LogP contribution in [0.15, 0.2) is 12.1 Å². The Bertz CT molecular complexity index is 492. The predicted molar refractivity (Wildman–Crippen MR) is 90.2 cm³/mol. The molecule has 116 valence electrons. The van der Waals surface area contributed by atoms with Gasteiger partial charge in [-0.15, -0.1) is 0 Å². The van der Waals surface area contributed by atoms with E-state index < -0.39 is 0 Å². The van der Waals surface area contributed by atoms with Crippen LogP contribution in [-0.2, 0) is 0 Å². The molecule has 1 aromatic heterocycles. The number of aryl methyl sites for hydroxylation is 1. The Balaban J connectivity index is 2.05. The molecule has 1 aliphatic carbocycles. The first-order chi connectivity index (χ1) is 10.1. The van der Waals surface area contributed by atoms with E-state index in [1.165, 1.54) is 12.8 Å². The number of nitrogens with one attached hydrogen (secondary N) is 2. The van der Waals surface area contributed by atoms with E-state index >= 15 is 0 Å². The predicted octanol–water partition coefficient (Wildman–Crippen LogP) is 3.23. The summed E-state index contributed by atoms with van der Waals surface area (Å²) in [5, 5.41) is 6.95. The standard InChI is InChI=1S/C16H25N3OS/c1-4-17-15-10-12(9-11(3)18-15)16(20)19-13-7-6-8-14(13)21-5-2/h9-10,13-14H,4-8H2,1-3H3,(H,17,18)(H,19,20). The third-order valence-corrected chi connectivity index (χ3v) is 5.05. The van der Waals surface area contributed by atoms with Crippen LogP contribution < -0.4 is 10.6 Å². The third-order valence-electron chi connectivity index (χ3n) is 3.72. The number of anilines is 1. The number of rotatable bonds is 6. The molecule has 2 atom stereocenters. The normalized spacial score (nSPS) is 21.3. The number of pyridine rings is 1. The molecule has 2 unspecified atom stereocenters. The molecule has 1 fully saturated rings. The molecular formula is C16H25N3OS. The van der Waals surface area contributed by atoms with Gasteiger partial charge >= 0.3 is 0 Å². The summed E-state index contributed by atoms with van der Waals surface area (Å²) in [5.41, 5.74) is 1.56. The molecule has 4 nitrogen and oxygen atoms in total. The van der Waals surface area contributed by atoms with Crippen LogP contribution >= 0.6 is 11.8 Å². The van der Waals surface area contributed by atoms with Crippen LogP contribution in [0, 0.1) is 6.92 Å². The van der Waals surface area contributed by atoms with Gasteiger partial charge in [-0.2, -0.15) is 11.8 Å². The number of thioether (sulfide) groups is 1. The van der Waals surface area contributed by atoms with Crippen molar-refractivity contribution in [2.24, 2.45) is 0 Å². The maximum atomic E-state index is 12.5. The average Bonchev–Trinajstić information content (AvgIpc) is 2.86. The lowest BCUT2D eigenvalue weighted by Gasteiger charge is -2.20. The maximum Gasteiger partial charge on any atom is 0.251 e. The minimum atomic E-state index is 0.0215. The fraction of sp³-hybridized carbons (Fsp3) is 0.625. The van der Waals surface area contributed by atoms with Crippen LogP contribution in [0.25, 0.3) is 0 Å². The molecular weight excluding hydrogens is 282 g/mol. The second kappa shape index (κ2) is 7.69. The SMILES string of the molecule is CCNc1cc(C(=O)NC2CCCC2SCC)cc(C)n1. The zero-order valence-corrected chi connectivity index (χ0v) is 13.9. The highest BCUT2D eigenvalue weighted by Crippen LogP contribution is 2.30. The van der Waals surface area contributed by atoms with Crippen LogP contribution in [0.4, 0.5) is 5.82 Å². The highest BCUT2D eigenvalue weighted by Gasteiger charge is 2.28. The summed E-state index contributed by atoms with van der Waals surface area (Å²) in [6.07, 6.45) is 3.51. The van der Waals surface area contributed by atoms with E-state index in [4.69, 9.17) is 0 Å². The zero-order valence-electron chi connectivity index (χ0n) is 13.1. The number of hydrogen-bond acceptors (Lipinski definition) is 4. The van der Waals surface area contributed by atoms with Crippen LogP contribution in [0.5, 0.6) is 0 Å². The lowest BCUT2D eigenvalue weighted by atomic mass is 10.1. The van der Waals surface area contributed by atoms with Crippen LogP contribution in [0.1, 0.15) is 49.2 Å². The van der Waals surface area contributed by atoms with Crippen LogP contribution in [-0.4, -0.2) is 34.5 Å². The number of amides is 1. The second-order valence-electron chi connectivity index (χ2n) is 5.42. The summed E-state index contributed by atoms with van der Waals surface area (Å²) >= 11 is 1.96. The van der Waals surface area contributed by atoms with E-state index in [9.17, 15) is 4.79 Å². The quantitative estimate of drug-likeness (QED) is 0.847. The summed E-state index contributed by atoms with van der Waals surface area (Å²) in [7, 11) is 0. The number of carbonyl (C=O) groups is 1. The fourth-order valence-corrected chi connectivity index (χ4v) is 4.03. The molecule has 1 amide bonds. The van der Waals surface area contributed by atoms with Crippen molar-refractivity contribution >= 4 is 23.5 Å². The summed E-state index contributed by atoms with van der Waals surface area (Å²) in [6, 6.07) is 3.99. The Hall–Kier alpha value is -1.23. The van der Waals surface area contributed by atoms with Crippen molar-refractivity contribution in [3.63, 3.8) is 0 Å². The van der Waals surface area contributed by atoms with Crippen molar-refractivity contribution in [3.8, 4) is 0 Å². The first-order valence-electron chi connectivity index (χ1n) is 7.79. The Morgan fingerprint density at radius 1 is 1.38 bits per heavy atom.